The first kappa shape index (κ1) is 15.2. The van der Waals surface area contributed by atoms with Crippen LogP contribution >= 0.6 is 11.3 Å². The van der Waals surface area contributed by atoms with Gasteiger partial charge in [-0.2, -0.15) is 0 Å². The molecule has 0 saturated heterocycles. The first-order valence-corrected chi connectivity index (χ1v) is 7.32. The molecule has 4 N–H and O–H groups in total. The Labute approximate surface area is 126 Å². The van der Waals surface area contributed by atoms with Gasteiger partial charge >= 0.3 is 5.97 Å². The van der Waals surface area contributed by atoms with E-state index in [1.165, 1.54) is 11.3 Å². The maximum Gasteiger partial charge on any atom is 0.305 e. The Bertz CT molecular complexity index is 599. The summed E-state index contributed by atoms with van der Waals surface area (Å²) in [5, 5.41) is 13.5. The van der Waals surface area contributed by atoms with Gasteiger partial charge in [-0.3, -0.25) is 9.59 Å². The predicted octanol–water partition coefficient (Wildman–Crippen LogP) is 2.08. The number of carboxylic acid groups (broad SMARTS) is 1. The second kappa shape index (κ2) is 7.01. The van der Waals surface area contributed by atoms with E-state index in [1.54, 1.807) is 30.3 Å². The van der Waals surface area contributed by atoms with E-state index < -0.39 is 18.1 Å². The van der Waals surface area contributed by atoms with E-state index >= 15 is 0 Å². The fourth-order valence-corrected chi connectivity index (χ4v) is 2.74. The van der Waals surface area contributed by atoms with Crippen molar-refractivity contribution in [2.24, 2.45) is 5.73 Å². The number of nitrogens with two attached hydrogens (primary N) is 1. The molecule has 5 nitrogen and oxygen atoms in total. The molecular weight excluding hydrogens is 288 g/mol. The van der Waals surface area contributed by atoms with Gasteiger partial charge in [0.15, 0.2) is 0 Å². The highest BCUT2D eigenvalue weighted by Gasteiger charge is 2.23. The standard InChI is InChI=1S/C15H16N2O3S/c16-14(10-5-2-1-3-6-10)15(20)17-11(9-13(18)19)12-7-4-8-21-12/h1-8,11,14H,9,16H2,(H,17,20)(H,18,19)/t11?,14-/m0/s1. The van der Waals surface area contributed by atoms with Crippen LogP contribution in [0, 0.1) is 0 Å². The van der Waals surface area contributed by atoms with Gasteiger partial charge in [-0.25, -0.2) is 0 Å². The number of carbonyl (C=O) groups excluding carboxylic acids is 1. The van der Waals surface area contributed by atoms with Crippen molar-refractivity contribution in [3.8, 4) is 0 Å². The summed E-state index contributed by atoms with van der Waals surface area (Å²) in [4.78, 5) is 24.0. The van der Waals surface area contributed by atoms with Crippen LogP contribution in [0.1, 0.15) is 28.9 Å². The molecule has 0 saturated carbocycles. The van der Waals surface area contributed by atoms with E-state index in [4.69, 9.17) is 10.8 Å². The van der Waals surface area contributed by atoms with Crippen molar-refractivity contribution in [3.05, 3.63) is 58.3 Å². The van der Waals surface area contributed by atoms with E-state index in [0.29, 0.717) is 5.56 Å². The van der Waals surface area contributed by atoms with Crippen LogP contribution in [0.3, 0.4) is 0 Å². The maximum atomic E-state index is 12.2. The molecule has 6 heteroatoms. The largest absolute Gasteiger partial charge is 0.481 e. The molecule has 0 fully saturated rings. The molecule has 1 aromatic carbocycles. The van der Waals surface area contributed by atoms with Crippen molar-refractivity contribution in [1.82, 2.24) is 5.32 Å². The normalized spacial score (nSPS) is 13.4. The van der Waals surface area contributed by atoms with E-state index in [0.717, 1.165) is 4.88 Å². The number of thiophene rings is 1. The number of rotatable bonds is 6. The average Bonchev–Trinajstić information content (AvgIpc) is 3.00. The lowest BCUT2D eigenvalue weighted by atomic mass is 10.1. The number of aliphatic carboxylic acids is 1. The number of benzene rings is 1. The minimum atomic E-state index is -0.970. The molecule has 2 rings (SSSR count). The zero-order chi connectivity index (χ0) is 15.2. The van der Waals surface area contributed by atoms with Gasteiger partial charge in [0.25, 0.3) is 0 Å². The van der Waals surface area contributed by atoms with Gasteiger partial charge in [0.1, 0.15) is 6.04 Å². The molecule has 0 spiro atoms. The Morgan fingerprint density at radius 3 is 2.48 bits per heavy atom. The molecule has 1 amide bonds. The third kappa shape index (κ3) is 4.14. The molecule has 2 aromatic rings. The summed E-state index contributed by atoms with van der Waals surface area (Å²) in [5.41, 5.74) is 6.60. The number of hydrogen-bond acceptors (Lipinski definition) is 4. The lowest BCUT2D eigenvalue weighted by molar-refractivity contribution is -0.137. The molecule has 0 bridgehead atoms. The summed E-state index contributed by atoms with van der Waals surface area (Å²) in [6, 6.07) is 11.2. The quantitative estimate of drug-likeness (QED) is 0.762. The highest BCUT2D eigenvalue weighted by Crippen LogP contribution is 2.23. The molecule has 0 aliphatic carbocycles. The van der Waals surface area contributed by atoms with E-state index in [1.807, 2.05) is 17.5 Å². The summed E-state index contributed by atoms with van der Waals surface area (Å²) in [7, 11) is 0. The molecule has 0 aliphatic heterocycles. The lowest BCUT2D eigenvalue weighted by Gasteiger charge is -2.19. The Hall–Kier alpha value is -2.18. The van der Waals surface area contributed by atoms with Gasteiger partial charge in [0.05, 0.1) is 12.5 Å². The Morgan fingerprint density at radius 2 is 1.90 bits per heavy atom. The summed E-state index contributed by atoms with van der Waals surface area (Å²) >= 11 is 1.40. The van der Waals surface area contributed by atoms with Crippen LogP contribution in [-0.4, -0.2) is 17.0 Å². The monoisotopic (exact) mass is 304 g/mol. The van der Waals surface area contributed by atoms with E-state index in [-0.39, 0.29) is 12.3 Å². The van der Waals surface area contributed by atoms with Crippen molar-refractivity contribution in [2.75, 3.05) is 0 Å². The van der Waals surface area contributed by atoms with E-state index in [2.05, 4.69) is 5.32 Å². The van der Waals surface area contributed by atoms with Crippen LogP contribution in [-0.2, 0) is 9.59 Å². The third-order valence-electron chi connectivity index (χ3n) is 3.02. The van der Waals surface area contributed by atoms with Crippen LogP contribution in [0.15, 0.2) is 47.8 Å². The maximum absolute atomic E-state index is 12.2. The van der Waals surface area contributed by atoms with Crippen LogP contribution in [0.4, 0.5) is 0 Å². The second-order valence-corrected chi connectivity index (χ2v) is 5.54. The Morgan fingerprint density at radius 1 is 1.19 bits per heavy atom. The van der Waals surface area contributed by atoms with Crippen molar-refractivity contribution in [3.63, 3.8) is 0 Å². The molecule has 0 radical (unpaired) electrons. The van der Waals surface area contributed by atoms with Gasteiger partial charge in [-0.1, -0.05) is 36.4 Å². The number of carboxylic acids is 1. The van der Waals surface area contributed by atoms with Crippen molar-refractivity contribution in [1.29, 1.82) is 0 Å². The zero-order valence-electron chi connectivity index (χ0n) is 11.2. The minimum Gasteiger partial charge on any atom is -0.481 e. The van der Waals surface area contributed by atoms with Gasteiger partial charge in [0.2, 0.25) is 5.91 Å². The first-order valence-electron chi connectivity index (χ1n) is 6.44. The Kier molecular flexibility index (Phi) is 5.08. The summed E-state index contributed by atoms with van der Waals surface area (Å²) in [6.45, 7) is 0. The van der Waals surface area contributed by atoms with Crippen LogP contribution in [0.5, 0.6) is 0 Å². The first-order chi connectivity index (χ1) is 10.1. The topological polar surface area (TPSA) is 92.4 Å². The molecule has 1 aromatic heterocycles. The van der Waals surface area contributed by atoms with Crippen molar-refractivity contribution < 1.29 is 14.7 Å². The van der Waals surface area contributed by atoms with Crippen molar-refractivity contribution in [2.45, 2.75) is 18.5 Å². The van der Waals surface area contributed by atoms with Gasteiger partial charge in [-0.05, 0) is 17.0 Å². The molecule has 0 aliphatic rings. The summed E-state index contributed by atoms with van der Waals surface area (Å²) in [5.74, 6) is -1.36. The van der Waals surface area contributed by atoms with Crippen LogP contribution in [0.25, 0.3) is 0 Å². The predicted molar refractivity (Wildman–Crippen MR) is 80.8 cm³/mol. The highest BCUT2D eigenvalue weighted by molar-refractivity contribution is 7.10. The molecule has 1 heterocycles. The average molecular weight is 304 g/mol. The SMILES string of the molecule is N[C@H](C(=O)NC(CC(=O)O)c1cccs1)c1ccccc1. The summed E-state index contributed by atoms with van der Waals surface area (Å²) < 4.78 is 0. The van der Waals surface area contributed by atoms with Gasteiger partial charge < -0.3 is 16.2 Å². The molecule has 2 atom stereocenters. The number of carbonyl (C=O) groups is 2. The van der Waals surface area contributed by atoms with E-state index in [9.17, 15) is 9.59 Å². The fourth-order valence-electron chi connectivity index (χ4n) is 1.96. The molecule has 21 heavy (non-hydrogen) atoms. The Balaban J connectivity index is 2.09. The third-order valence-corrected chi connectivity index (χ3v) is 4.01. The molecule has 110 valence electrons. The number of amides is 1. The zero-order valence-corrected chi connectivity index (χ0v) is 12.0. The van der Waals surface area contributed by atoms with Crippen LogP contribution in [0.2, 0.25) is 0 Å². The number of nitrogens with one attached hydrogen (secondary N) is 1. The fraction of sp³-hybridized carbons (Fsp3) is 0.200. The lowest BCUT2D eigenvalue weighted by Crippen LogP contribution is -2.37. The summed E-state index contributed by atoms with van der Waals surface area (Å²) in [6.07, 6.45) is -0.173. The number of hydrogen-bond donors (Lipinski definition) is 3. The van der Waals surface area contributed by atoms with Gasteiger partial charge in [0, 0.05) is 4.88 Å². The van der Waals surface area contributed by atoms with Crippen molar-refractivity contribution >= 4 is 23.2 Å². The van der Waals surface area contributed by atoms with Gasteiger partial charge in [-0.15, -0.1) is 11.3 Å². The highest BCUT2D eigenvalue weighted by atomic mass is 32.1. The molecule has 1 unspecified atom stereocenters. The molecular formula is C15H16N2O3S. The van der Waals surface area contributed by atoms with Crippen LogP contribution < -0.4 is 11.1 Å². The smallest absolute Gasteiger partial charge is 0.305 e. The second-order valence-electron chi connectivity index (χ2n) is 4.56. The minimum absolute atomic E-state index is 0.173.